The minimum absolute atomic E-state index is 0.0203. The van der Waals surface area contributed by atoms with Crippen molar-refractivity contribution in [3.63, 3.8) is 0 Å². The highest BCUT2D eigenvalue weighted by molar-refractivity contribution is 9.10. The molecule has 0 unspecified atom stereocenters. The third-order valence-electron chi connectivity index (χ3n) is 3.37. The van der Waals surface area contributed by atoms with Gasteiger partial charge in [0.1, 0.15) is 0 Å². The van der Waals surface area contributed by atoms with Gasteiger partial charge in [0.2, 0.25) is 6.41 Å². The minimum atomic E-state index is 0.0203. The van der Waals surface area contributed by atoms with Crippen molar-refractivity contribution in [2.24, 2.45) is 0 Å². The van der Waals surface area contributed by atoms with Crippen LogP contribution in [-0.4, -0.2) is 54.1 Å². The highest BCUT2D eigenvalue weighted by Gasteiger charge is 2.23. The van der Waals surface area contributed by atoms with Crippen molar-refractivity contribution in [3.05, 3.63) is 34.3 Å². The van der Waals surface area contributed by atoms with Gasteiger partial charge < -0.3 is 10.0 Å². The fraction of sp³-hybridized carbons (Fsp3) is 0.462. The van der Waals surface area contributed by atoms with E-state index in [1.54, 1.807) is 4.90 Å². The zero-order valence-electron chi connectivity index (χ0n) is 10.1. The molecule has 1 atom stereocenters. The Labute approximate surface area is 115 Å². The second-order valence-electron chi connectivity index (χ2n) is 4.43. The predicted octanol–water partition coefficient (Wildman–Crippen LogP) is 1.26. The smallest absolute Gasteiger partial charge is 0.209 e. The summed E-state index contributed by atoms with van der Waals surface area (Å²) in [5.74, 6) is 0. The normalized spacial score (nSPS) is 18.7. The van der Waals surface area contributed by atoms with Crippen LogP contribution in [-0.2, 0) is 4.79 Å². The van der Waals surface area contributed by atoms with E-state index >= 15 is 0 Å². The summed E-state index contributed by atoms with van der Waals surface area (Å²) in [6, 6.07) is 8.04. The first-order valence-corrected chi connectivity index (χ1v) is 6.83. The van der Waals surface area contributed by atoms with Crippen LogP contribution in [0.2, 0.25) is 0 Å². The van der Waals surface area contributed by atoms with Gasteiger partial charge in [0.15, 0.2) is 0 Å². The van der Waals surface area contributed by atoms with E-state index in [2.05, 4.69) is 20.8 Å². The van der Waals surface area contributed by atoms with Gasteiger partial charge in [0.25, 0.3) is 0 Å². The molecule has 1 N–H and O–H groups in total. The molecule has 1 fully saturated rings. The van der Waals surface area contributed by atoms with Gasteiger partial charge in [-0.15, -0.1) is 0 Å². The standard InChI is InChI=1S/C13H17BrN2O2/c14-12-3-1-11(2-4-12)13(9-17)16-7-5-15(10-18)6-8-16/h1-4,10,13,17H,5-9H2/t13-/m0/s1. The molecular weight excluding hydrogens is 296 g/mol. The number of aliphatic hydroxyl groups excluding tert-OH is 1. The lowest BCUT2D eigenvalue weighted by Gasteiger charge is -2.37. The van der Waals surface area contributed by atoms with Crippen molar-refractivity contribution in [2.75, 3.05) is 32.8 Å². The van der Waals surface area contributed by atoms with Crippen molar-refractivity contribution >= 4 is 22.3 Å². The number of carbonyl (C=O) groups excluding carboxylic acids is 1. The van der Waals surface area contributed by atoms with Gasteiger partial charge in [-0.1, -0.05) is 28.1 Å². The Hall–Kier alpha value is -0.910. The quantitative estimate of drug-likeness (QED) is 0.851. The maximum Gasteiger partial charge on any atom is 0.209 e. The predicted molar refractivity (Wildman–Crippen MR) is 73.2 cm³/mol. The molecule has 1 aliphatic rings. The van der Waals surface area contributed by atoms with Gasteiger partial charge >= 0.3 is 0 Å². The lowest BCUT2D eigenvalue weighted by molar-refractivity contribution is -0.120. The third kappa shape index (κ3) is 3.10. The summed E-state index contributed by atoms with van der Waals surface area (Å²) in [5.41, 5.74) is 1.11. The van der Waals surface area contributed by atoms with E-state index in [1.807, 2.05) is 24.3 Å². The van der Waals surface area contributed by atoms with Crippen LogP contribution in [0.3, 0.4) is 0 Å². The number of carbonyl (C=O) groups is 1. The Morgan fingerprint density at radius 3 is 2.33 bits per heavy atom. The molecule has 1 aliphatic heterocycles. The molecule has 1 aromatic rings. The van der Waals surface area contributed by atoms with Crippen LogP contribution in [0.4, 0.5) is 0 Å². The lowest BCUT2D eigenvalue weighted by atomic mass is 10.1. The number of amides is 1. The van der Waals surface area contributed by atoms with Crippen molar-refractivity contribution in [2.45, 2.75) is 6.04 Å². The van der Waals surface area contributed by atoms with Crippen LogP contribution in [0.1, 0.15) is 11.6 Å². The average Bonchev–Trinajstić information content (AvgIpc) is 2.42. The van der Waals surface area contributed by atoms with Gasteiger partial charge in [-0.05, 0) is 17.7 Å². The molecule has 0 bridgehead atoms. The fourth-order valence-corrected chi connectivity index (χ4v) is 2.54. The van der Waals surface area contributed by atoms with Gasteiger partial charge in [0, 0.05) is 30.7 Å². The summed E-state index contributed by atoms with van der Waals surface area (Å²) in [7, 11) is 0. The SMILES string of the molecule is O=CN1CCN([C@@H](CO)c2ccc(Br)cc2)CC1. The van der Waals surface area contributed by atoms with E-state index < -0.39 is 0 Å². The maximum absolute atomic E-state index is 10.7. The zero-order valence-corrected chi connectivity index (χ0v) is 11.7. The molecule has 1 heterocycles. The Balaban J connectivity index is 2.05. The molecule has 2 rings (SSSR count). The van der Waals surface area contributed by atoms with E-state index in [9.17, 15) is 9.90 Å². The molecule has 1 saturated heterocycles. The molecule has 0 aromatic heterocycles. The summed E-state index contributed by atoms with van der Waals surface area (Å²) in [6.07, 6.45) is 0.894. The molecule has 18 heavy (non-hydrogen) atoms. The number of nitrogens with zero attached hydrogens (tertiary/aromatic N) is 2. The Bertz CT molecular complexity index is 388. The summed E-state index contributed by atoms with van der Waals surface area (Å²) < 4.78 is 1.04. The molecule has 5 heteroatoms. The highest BCUT2D eigenvalue weighted by Crippen LogP contribution is 2.23. The minimum Gasteiger partial charge on any atom is -0.394 e. The number of aliphatic hydroxyl groups is 1. The van der Waals surface area contributed by atoms with E-state index in [1.165, 1.54) is 0 Å². The fourth-order valence-electron chi connectivity index (χ4n) is 2.27. The van der Waals surface area contributed by atoms with E-state index in [0.29, 0.717) is 0 Å². The van der Waals surface area contributed by atoms with Gasteiger partial charge in [-0.3, -0.25) is 9.69 Å². The number of benzene rings is 1. The summed E-state index contributed by atoms with van der Waals surface area (Å²) in [4.78, 5) is 14.7. The highest BCUT2D eigenvalue weighted by atomic mass is 79.9. The molecule has 0 aliphatic carbocycles. The van der Waals surface area contributed by atoms with Crippen LogP contribution in [0, 0.1) is 0 Å². The van der Waals surface area contributed by atoms with Crippen molar-refractivity contribution in [1.29, 1.82) is 0 Å². The maximum atomic E-state index is 10.7. The topological polar surface area (TPSA) is 43.8 Å². The number of piperazine rings is 1. The van der Waals surface area contributed by atoms with Crippen LogP contribution >= 0.6 is 15.9 Å². The lowest BCUT2D eigenvalue weighted by Crippen LogP contribution is -2.47. The molecule has 4 nitrogen and oxygen atoms in total. The summed E-state index contributed by atoms with van der Waals surface area (Å²) in [6.45, 7) is 3.18. The van der Waals surface area contributed by atoms with Crippen LogP contribution < -0.4 is 0 Å². The summed E-state index contributed by atoms with van der Waals surface area (Å²) >= 11 is 3.41. The van der Waals surface area contributed by atoms with Gasteiger partial charge in [-0.2, -0.15) is 0 Å². The van der Waals surface area contributed by atoms with E-state index in [-0.39, 0.29) is 12.6 Å². The monoisotopic (exact) mass is 312 g/mol. The van der Waals surface area contributed by atoms with Crippen LogP contribution in [0.15, 0.2) is 28.7 Å². The van der Waals surface area contributed by atoms with E-state index in [4.69, 9.17) is 0 Å². The van der Waals surface area contributed by atoms with Crippen LogP contribution in [0.5, 0.6) is 0 Å². The number of hydrogen-bond donors (Lipinski definition) is 1. The van der Waals surface area contributed by atoms with Crippen molar-refractivity contribution in [1.82, 2.24) is 9.80 Å². The molecule has 0 spiro atoms. The molecular formula is C13H17BrN2O2. The van der Waals surface area contributed by atoms with Crippen LogP contribution in [0.25, 0.3) is 0 Å². The molecule has 1 amide bonds. The largest absolute Gasteiger partial charge is 0.394 e. The zero-order chi connectivity index (χ0) is 13.0. The Morgan fingerprint density at radius 2 is 1.83 bits per heavy atom. The molecule has 0 saturated carbocycles. The second kappa shape index (κ2) is 6.31. The first-order valence-electron chi connectivity index (χ1n) is 6.04. The summed E-state index contributed by atoms with van der Waals surface area (Å²) in [5, 5.41) is 9.59. The first-order chi connectivity index (χ1) is 8.74. The van der Waals surface area contributed by atoms with Crippen molar-refractivity contribution in [3.8, 4) is 0 Å². The number of hydrogen-bond acceptors (Lipinski definition) is 3. The van der Waals surface area contributed by atoms with Crippen molar-refractivity contribution < 1.29 is 9.90 Å². The number of halogens is 1. The third-order valence-corrected chi connectivity index (χ3v) is 3.90. The Kier molecular flexibility index (Phi) is 4.74. The molecule has 98 valence electrons. The second-order valence-corrected chi connectivity index (χ2v) is 5.34. The first kappa shape index (κ1) is 13.5. The Morgan fingerprint density at radius 1 is 1.22 bits per heavy atom. The average molecular weight is 313 g/mol. The van der Waals surface area contributed by atoms with Gasteiger partial charge in [0.05, 0.1) is 12.6 Å². The van der Waals surface area contributed by atoms with Gasteiger partial charge in [-0.25, -0.2) is 0 Å². The molecule has 0 radical (unpaired) electrons. The number of rotatable bonds is 4. The van der Waals surface area contributed by atoms with E-state index in [0.717, 1.165) is 42.6 Å². The molecule has 1 aromatic carbocycles.